The number of rotatable bonds is 6. The molecule has 1 amide bonds. The molecule has 1 unspecified atom stereocenters. The standard InChI is InChI=1S/C23H22ClNO6/c1-29-9-3-8-25-20(14-4-2-5-16(24)12-14)19(22(27)23(25)28)21(26)15-6-7-17-18(13-15)31-11-10-30-17/h2,4-7,12-13,20,26H,3,8-11H2,1H3/b21-19-. The van der Waals surface area contributed by atoms with Crippen molar-refractivity contribution in [1.82, 2.24) is 4.90 Å². The van der Waals surface area contributed by atoms with Crippen LogP contribution in [0.25, 0.3) is 5.76 Å². The third-order valence-electron chi connectivity index (χ3n) is 5.27. The smallest absolute Gasteiger partial charge is 0.295 e. The Balaban J connectivity index is 1.81. The van der Waals surface area contributed by atoms with Gasteiger partial charge in [0.1, 0.15) is 19.0 Å². The third-order valence-corrected chi connectivity index (χ3v) is 5.50. The number of ketones is 1. The summed E-state index contributed by atoms with van der Waals surface area (Å²) in [5.41, 5.74) is 1.02. The Kier molecular flexibility index (Phi) is 6.15. The van der Waals surface area contributed by atoms with E-state index in [4.69, 9.17) is 25.8 Å². The lowest BCUT2D eigenvalue weighted by atomic mass is 9.95. The number of aliphatic hydroxyl groups is 1. The summed E-state index contributed by atoms with van der Waals surface area (Å²) in [6, 6.07) is 11.1. The number of likely N-dealkylation sites (tertiary alicyclic amines) is 1. The molecule has 2 aliphatic heterocycles. The highest BCUT2D eigenvalue weighted by atomic mass is 35.5. The highest BCUT2D eigenvalue weighted by Gasteiger charge is 2.45. The van der Waals surface area contributed by atoms with Crippen molar-refractivity contribution < 1.29 is 28.9 Å². The molecule has 1 N–H and O–H groups in total. The van der Waals surface area contributed by atoms with Crippen molar-refractivity contribution in [3.05, 3.63) is 64.2 Å². The molecule has 0 bridgehead atoms. The van der Waals surface area contributed by atoms with Crippen molar-refractivity contribution in [3.63, 3.8) is 0 Å². The number of methoxy groups -OCH3 is 1. The molecule has 7 nitrogen and oxygen atoms in total. The Morgan fingerprint density at radius 1 is 1.16 bits per heavy atom. The number of nitrogens with zero attached hydrogens (tertiary/aromatic N) is 1. The molecule has 2 heterocycles. The quantitative estimate of drug-likeness (QED) is 0.318. The molecule has 4 rings (SSSR count). The van der Waals surface area contributed by atoms with Gasteiger partial charge in [-0.2, -0.15) is 0 Å². The van der Waals surface area contributed by atoms with Crippen molar-refractivity contribution >= 4 is 29.1 Å². The van der Waals surface area contributed by atoms with Crippen LogP contribution in [0, 0.1) is 0 Å². The fourth-order valence-electron chi connectivity index (χ4n) is 3.86. The number of fused-ring (bicyclic) bond motifs is 1. The first kappa shape index (κ1) is 21.2. The van der Waals surface area contributed by atoms with Gasteiger partial charge in [-0.05, 0) is 42.3 Å². The Labute approximate surface area is 184 Å². The number of carbonyl (C=O) groups is 2. The predicted octanol–water partition coefficient (Wildman–Crippen LogP) is 3.57. The van der Waals surface area contributed by atoms with Gasteiger partial charge in [0.2, 0.25) is 0 Å². The largest absolute Gasteiger partial charge is 0.507 e. The zero-order chi connectivity index (χ0) is 22.0. The summed E-state index contributed by atoms with van der Waals surface area (Å²) in [4.78, 5) is 27.3. The van der Waals surface area contributed by atoms with Crippen LogP contribution in [0.1, 0.15) is 23.6 Å². The molecule has 0 aliphatic carbocycles. The molecule has 2 aromatic rings. The molecular weight excluding hydrogens is 422 g/mol. The lowest BCUT2D eigenvalue weighted by molar-refractivity contribution is -0.140. The van der Waals surface area contributed by atoms with Gasteiger partial charge in [0.25, 0.3) is 11.7 Å². The first-order chi connectivity index (χ1) is 15.0. The van der Waals surface area contributed by atoms with E-state index in [1.165, 1.54) is 4.90 Å². The SMILES string of the molecule is COCCCN1C(=O)C(=O)/C(=C(\O)c2ccc3c(c2)OCCO3)C1c1cccc(Cl)c1. The summed E-state index contributed by atoms with van der Waals surface area (Å²) in [5.74, 6) is -0.636. The molecule has 31 heavy (non-hydrogen) atoms. The molecule has 1 saturated heterocycles. The van der Waals surface area contributed by atoms with Crippen LogP contribution < -0.4 is 9.47 Å². The number of benzene rings is 2. The summed E-state index contributed by atoms with van der Waals surface area (Å²) in [5, 5.41) is 11.6. The van der Waals surface area contributed by atoms with Gasteiger partial charge in [0.15, 0.2) is 11.5 Å². The van der Waals surface area contributed by atoms with E-state index >= 15 is 0 Å². The average molecular weight is 444 g/mol. The van der Waals surface area contributed by atoms with Gasteiger partial charge in [0, 0.05) is 30.8 Å². The van der Waals surface area contributed by atoms with Crippen LogP contribution in [-0.2, 0) is 14.3 Å². The van der Waals surface area contributed by atoms with E-state index in [1.54, 1.807) is 49.6 Å². The predicted molar refractivity (Wildman–Crippen MR) is 114 cm³/mol. The van der Waals surface area contributed by atoms with Crippen LogP contribution in [0.2, 0.25) is 5.02 Å². The number of Topliss-reactive ketones (excluding diaryl/α,β-unsaturated/α-hetero) is 1. The molecule has 0 aromatic heterocycles. The zero-order valence-corrected chi connectivity index (χ0v) is 17.7. The van der Waals surface area contributed by atoms with Crippen LogP contribution in [0.4, 0.5) is 0 Å². The highest BCUT2D eigenvalue weighted by Crippen LogP contribution is 2.41. The van der Waals surface area contributed by atoms with E-state index in [1.807, 2.05) is 0 Å². The number of carbonyl (C=O) groups excluding carboxylic acids is 2. The Morgan fingerprint density at radius 2 is 1.94 bits per heavy atom. The third kappa shape index (κ3) is 4.11. The minimum Gasteiger partial charge on any atom is -0.507 e. The maximum absolute atomic E-state index is 13.0. The van der Waals surface area contributed by atoms with Gasteiger partial charge < -0.3 is 24.2 Å². The van der Waals surface area contributed by atoms with Crippen LogP contribution in [0.3, 0.4) is 0 Å². The molecule has 0 saturated carbocycles. The van der Waals surface area contributed by atoms with Crippen LogP contribution >= 0.6 is 11.6 Å². The summed E-state index contributed by atoms with van der Waals surface area (Å²) in [7, 11) is 1.57. The first-order valence-corrected chi connectivity index (χ1v) is 10.3. The average Bonchev–Trinajstić information content (AvgIpc) is 3.03. The van der Waals surface area contributed by atoms with E-state index in [-0.39, 0.29) is 11.3 Å². The minimum atomic E-state index is -0.760. The van der Waals surface area contributed by atoms with Crippen molar-refractivity contribution in [2.75, 3.05) is 33.5 Å². The summed E-state index contributed by atoms with van der Waals surface area (Å²) in [6.45, 7) is 1.57. The lowest BCUT2D eigenvalue weighted by Gasteiger charge is -2.25. The topological polar surface area (TPSA) is 85.3 Å². The molecule has 2 aromatic carbocycles. The van der Waals surface area contributed by atoms with Gasteiger partial charge in [-0.25, -0.2) is 0 Å². The number of halogens is 1. The Bertz CT molecular complexity index is 1050. The second-order valence-corrected chi connectivity index (χ2v) is 7.69. The second kappa shape index (κ2) is 8.99. The van der Waals surface area contributed by atoms with Crippen LogP contribution in [0.15, 0.2) is 48.0 Å². The molecule has 0 radical (unpaired) electrons. The lowest BCUT2D eigenvalue weighted by Crippen LogP contribution is -2.31. The normalized spacial score (nSPS) is 19.7. The molecule has 8 heteroatoms. The second-order valence-electron chi connectivity index (χ2n) is 7.25. The van der Waals surface area contributed by atoms with Crippen molar-refractivity contribution in [1.29, 1.82) is 0 Å². The number of ether oxygens (including phenoxy) is 3. The van der Waals surface area contributed by atoms with Crippen molar-refractivity contribution in [3.8, 4) is 11.5 Å². The molecule has 1 atom stereocenters. The maximum Gasteiger partial charge on any atom is 0.295 e. The zero-order valence-electron chi connectivity index (χ0n) is 17.0. The van der Waals surface area contributed by atoms with Crippen LogP contribution in [-0.4, -0.2) is 55.2 Å². The summed E-state index contributed by atoms with van der Waals surface area (Å²) in [6.07, 6.45) is 0.546. The molecular formula is C23H22ClNO6. The monoisotopic (exact) mass is 443 g/mol. The van der Waals surface area contributed by atoms with Gasteiger partial charge in [-0.15, -0.1) is 0 Å². The van der Waals surface area contributed by atoms with Crippen molar-refractivity contribution in [2.45, 2.75) is 12.5 Å². The van der Waals surface area contributed by atoms with Crippen molar-refractivity contribution in [2.24, 2.45) is 0 Å². The van der Waals surface area contributed by atoms with E-state index in [9.17, 15) is 14.7 Å². The van der Waals surface area contributed by atoms with E-state index < -0.39 is 17.7 Å². The number of hydrogen-bond acceptors (Lipinski definition) is 6. The summed E-state index contributed by atoms with van der Waals surface area (Å²) >= 11 is 6.18. The number of hydrogen-bond donors (Lipinski definition) is 1. The van der Waals surface area contributed by atoms with Gasteiger partial charge in [-0.1, -0.05) is 23.7 Å². The van der Waals surface area contributed by atoms with E-state index in [0.29, 0.717) is 60.4 Å². The fraction of sp³-hybridized carbons (Fsp3) is 0.304. The van der Waals surface area contributed by atoms with E-state index in [0.717, 1.165) is 0 Å². The van der Waals surface area contributed by atoms with Crippen LogP contribution in [0.5, 0.6) is 11.5 Å². The van der Waals surface area contributed by atoms with E-state index in [2.05, 4.69) is 0 Å². The minimum absolute atomic E-state index is 0.0151. The Hall–Kier alpha value is -3.03. The highest BCUT2D eigenvalue weighted by molar-refractivity contribution is 6.46. The molecule has 162 valence electrons. The fourth-order valence-corrected chi connectivity index (χ4v) is 4.06. The molecule has 2 aliphatic rings. The maximum atomic E-state index is 13.0. The van der Waals surface area contributed by atoms with Gasteiger partial charge in [0.05, 0.1) is 11.6 Å². The number of aliphatic hydroxyl groups excluding tert-OH is 1. The Morgan fingerprint density at radius 3 is 2.68 bits per heavy atom. The first-order valence-electron chi connectivity index (χ1n) is 9.94. The summed E-state index contributed by atoms with van der Waals surface area (Å²) < 4.78 is 16.2. The number of amides is 1. The molecule has 0 spiro atoms. The van der Waals surface area contributed by atoms with Gasteiger partial charge in [-0.3, -0.25) is 9.59 Å². The molecule has 1 fully saturated rings. The van der Waals surface area contributed by atoms with Gasteiger partial charge >= 0.3 is 0 Å².